The van der Waals surface area contributed by atoms with Crippen LogP contribution in [0.15, 0.2) is 23.1 Å². The van der Waals surface area contributed by atoms with E-state index in [9.17, 15) is 22.8 Å². The maximum atomic E-state index is 12.8. The van der Waals surface area contributed by atoms with E-state index in [1.807, 2.05) is 13.8 Å². The van der Waals surface area contributed by atoms with Crippen LogP contribution in [0.2, 0.25) is 5.02 Å². The van der Waals surface area contributed by atoms with E-state index in [-0.39, 0.29) is 34.6 Å². The highest BCUT2D eigenvalue weighted by Crippen LogP contribution is 2.27. The van der Waals surface area contributed by atoms with Crippen molar-refractivity contribution in [1.29, 1.82) is 0 Å². The topological polar surface area (TPSA) is 125 Å². The fourth-order valence-electron chi connectivity index (χ4n) is 3.39. The molecule has 1 unspecified atom stereocenters. The first kappa shape index (κ1) is 23.5. The Morgan fingerprint density at radius 3 is 2.61 bits per heavy atom. The molecule has 2 N–H and O–H groups in total. The van der Waals surface area contributed by atoms with Gasteiger partial charge in [0.15, 0.2) is 0 Å². The largest absolute Gasteiger partial charge is 0.379 e. The minimum atomic E-state index is -3.78. The Labute approximate surface area is 185 Å². The highest BCUT2D eigenvalue weighted by molar-refractivity contribution is 7.89. The summed E-state index contributed by atoms with van der Waals surface area (Å²) in [5.74, 6) is -0.946. The van der Waals surface area contributed by atoms with Gasteiger partial charge in [0.05, 0.1) is 28.8 Å². The summed E-state index contributed by atoms with van der Waals surface area (Å²) in [5, 5.41) is 5.19. The Bertz CT molecular complexity index is 978. The van der Waals surface area contributed by atoms with Gasteiger partial charge in [0.2, 0.25) is 15.9 Å². The number of morpholine rings is 1. The number of rotatable bonds is 7. The number of sulfonamides is 1. The van der Waals surface area contributed by atoms with E-state index in [0.29, 0.717) is 19.6 Å². The summed E-state index contributed by atoms with van der Waals surface area (Å²) in [5.41, 5.74) is 0.0757. The van der Waals surface area contributed by atoms with Gasteiger partial charge in [0.25, 0.3) is 5.91 Å². The Balaban J connectivity index is 1.71. The molecule has 1 aromatic carbocycles. The maximum Gasteiger partial charge on any atom is 0.325 e. The molecule has 31 heavy (non-hydrogen) atoms. The molecule has 10 nitrogen and oxygen atoms in total. The van der Waals surface area contributed by atoms with Crippen molar-refractivity contribution in [3.8, 4) is 0 Å². The second kappa shape index (κ2) is 9.51. The lowest BCUT2D eigenvalue weighted by Crippen LogP contribution is -2.40. The van der Waals surface area contributed by atoms with Gasteiger partial charge in [-0.05, 0) is 30.5 Å². The monoisotopic (exact) mass is 472 g/mol. The molecule has 0 spiro atoms. The van der Waals surface area contributed by atoms with Crippen LogP contribution in [-0.4, -0.2) is 74.4 Å². The number of carbonyl (C=O) groups is 3. The molecule has 0 bridgehead atoms. The molecule has 0 saturated carbocycles. The van der Waals surface area contributed by atoms with Crippen LogP contribution in [-0.2, 0) is 24.3 Å². The normalized spacial score (nSPS) is 20.3. The van der Waals surface area contributed by atoms with Crippen molar-refractivity contribution in [2.45, 2.75) is 31.2 Å². The summed E-state index contributed by atoms with van der Waals surface area (Å²) in [7, 11) is -3.78. The number of anilines is 1. The number of imide groups is 1. The van der Waals surface area contributed by atoms with Gasteiger partial charge >= 0.3 is 6.03 Å². The molecule has 0 aliphatic carbocycles. The SMILES string of the molecule is CC(C)CC1NC(=O)N(CC(=O)Nc2cc(S(=O)(=O)N3CCOCC3)ccc2Cl)C1=O. The molecule has 3 rings (SSSR count). The molecule has 2 heterocycles. The zero-order chi connectivity index (χ0) is 22.8. The highest BCUT2D eigenvalue weighted by atomic mass is 35.5. The molecule has 2 aliphatic heterocycles. The van der Waals surface area contributed by atoms with E-state index >= 15 is 0 Å². The zero-order valence-electron chi connectivity index (χ0n) is 17.3. The first-order valence-electron chi connectivity index (χ1n) is 9.88. The summed E-state index contributed by atoms with van der Waals surface area (Å²) >= 11 is 6.13. The average Bonchev–Trinajstić information content (AvgIpc) is 2.97. The van der Waals surface area contributed by atoms with Crippen molar-refractivity contribution in [3.63, 3.8) is 0 Å². The number of carbonyl (C=O) groups excluding carboxylic acids is 3. The number of amides is 4. The van der Waals surface area contributed by atoms with Gasteiger partial charge in [-0.25, -0.2) is 13.2 Å². The molecule has 0 radical (unpaired) electrons. The van der Waals surface area contributed by atoms with Crippen LogP contribution in [0, 0.1) is 5.92 Å². The van der Waals surface area contributed by atoms with Crippen molar-refractivity contribution in [3.05, 3.63) is 23.2 Å². The molecule has 1 aromatic rings. The standard InChI is InChI=1S/C19H25ClN4O6S/c1-12(2)9-16-18(26)24(19(27)22-16)11-17(25)21-15-10-13(3-4-14(15)20)31(28,29)23-5-7-30-8-6-23/h3-4,10,12,16H,5-9,11H2,1-2H3,(H,21,25)(H,22,27). The number of hydrogen-bond donors (Lipinski definition) is 2. The first-order valence-corrected chi connectivity index (χ1v) is 11.7. The molecule has 2 fully saturated rings. The number of nitrogens with zero attached hydrogens (tertiary/aromatic N) is 2. The lowest BCUT2D eigenvalue weighted by Gasteiger charge is -2.26. The molecule has 2 saturated heterocycles. The van der Waals surface area contributed by atoms with Gasteiger partial charge in [-0.15, -0.1) is 0 Å². The van der Waals surface area contributed by atoms with Gasteiger partial charge in [0, 0.05) is 13.1 Å². The van der Waals surface area contributed by atoms with Gasteiger partial charge in [-0.2, -0.15) is 4.31 Å². The third kappa shape index (κ3) is 5.35. The third-order valence-electron chi connectivity index (χ3n) is 4.94. The summed E-state index contributed by atoms with van der Waals surface area (Å²) < 4.78 is 32.2. The summed E-state index contributed by atoms with van der Waals surface area (Å²) in [6, 6.07) is 2.69. The van der Waals surface area contributed by atoms with E-state index < -0.39 is 40.5 Å². The Morgan fingerprint density at radius 1 is 1.29 bits per heavy atom. The van der Waals surface area contributed by atoms with Crippen molar-refractivity contribution < 1.29 is 27.5 Å². The van der Waals surface area contributed by atoms with Crippen molar-refractivity contribution >= 4 is 45.2 Å². The van der Waals surface area contributed by atoms with Gasteiger partial charge in [-0.3, -0.25) is 14.5 Å². The maximum absolute atomic E-state index is 12.8. The Hall–Kier alpha value is -2.21. The smallest absolute Gasteiger partial charge is 0.325 e. The number of hydrogen-bond acceptors (Lipinski definition) is 6. The lowest BCUT2D eigenvalue weighted by molar-refractivity contribution is -0.131. The van der Waals surface area contributed by atoms with Crippen LogP contribution in [0.4, 0.5) is 10.5 Å². The number of nitrogens with one attached hydrogen (secondary N) is 2. The van der Waals surface area contributed by atoms with Gasteiger partial charge in [-0.1, -0.05) is 25.4 Å². The van der Waals surface area contributed by atoms with Gasteiger partial charge < -0.3 is 15.4 Å². The minimum absolute atomic E-state index is 0.0268. The summed E-state index contributed by atoms with van der Waals surface area (Å²) in [6.45, 7) is 4.42. The van der Waals surface area contributed by atoms with E-state index in [0.717, 1.165) is 4.90 Å². The highest BCUT2D eigenvalue weighted by Gasteiger charge is 2.39. The molecule has 2 aliphatic rings. The Kier molecular flexibility index (Phi) is 7.20. The Morgan fingerprint density at radius 2 is 1.97 bits per heavy atom. The third-order valence-corrected chi connectivity index (χ3v) is 7.16. The molecule has 1 atom stereocenters. The van der Waals surface area contributed by atoms with Crippen molar-refractivity contribution in [2.75, 3.05) is 38.2 Å². The summed E-state index contributed by atoms with van der Waals surface area (Å²) in [4.78, 5) is 37.8. The molecule has 4 amide bonds. The second-order valence-corrected chi connectivity index (χ2v) is 10.1. The lowest BCUT2D eigenvalue weighted by atomic mass is 10.0. The molecule has 0 aromatic heterocycles. The molecule has 170 valence electrons. The number of benzene rings is 1. The van der Waals surface area contributed by atoms with Crippen LogP contribution in [0.1, 0.15) is 20.3 Å². The number of urea groups is 1. The van der Waals surface area contributed by atoms with E-state index in [1.165, 1.54) is 22.5 Å². The predicted molar refractivity (Wildman–Crippen MR) is 113 cm³/mol. The van der Waals surface area contributed by atoms with E-state index in [2.05, 4.69) is 10.6 Å². The van der Waals surface area contributed by atoms with E-state index in [4.69, 9.17) is 16.3 Å². The first-order chi connectivity index (χ1) is 14.6. The predicted octanol–water partition coefficient (Wildman–Crippen LogP) is 1.27. The van der Waals surface area contributed by atoms with Crippen LogP contribution < -0.4 is 10.6 Å². The van der Waals surface area contributed by atoms with Crippen molar-refractivity contribution in [1.82, 2.24) is 14.5 Å². The summed E-state index contributed by atoms with van der Waals surface area (Å²) in [6.07, 6.45) is 0.468. The molecule has 12 heteroatoms. The fourth-order valence-corrected chi connectivity index (χ4v) is 4.99. The molecular weight excluding hydrogens is 448 g/mol. The fraction of sp³-hybridized carbons (Fsp3) is 0.526. The average molecular weight is 473 g/mol. The molecular formula is C19H25ClN4O6S. The van der Waals surface area contributed by atoms with Crippen LogP contribution in [0.3, 0.4) is 0 Å². The number of ether oxygens (including phenoxy) is 1. The second-order valence-electron chi connectivity index (χ2n) is 7.76. The zero-order valence-corrected chi connectivity index (χ0v) is 18.8. The van der Waals surface area contributed by atoms with Crippen molar-refractivity contribution in [2.24, 2.45) is 5.92 Å². The van der Waals surface area contributed by atoms with Crippen LogP contribution in [0.25, 0.3) is 0 Å². The minimum Gasteiger partial charge on any atom is -0.379 e. The van der Waals surface area contributed by atoms with Crippen LogP contribution >= 0.6 is 11.6 Å². The van der Waals surface area contributed by atoms with E-state index in [1.54, 1.807) is 0 Å². The quantitative estimate of drug-likeness (QED) is 0.575. The van der Waals surface area contributed by atoms with Gasteiger partial charge in [0.1, 0.15) is 12.6 Å². The van der Waals surface area contributed by atoms with Crippen LogP contribution in [0.5, 0.6) is 0 Å². The number of halogens is 1.